The Bertz CT molecular complexity index is 858. The lowest BCUT2D eigenvalue weighted by Crippen LogP contribution is -1.88. The number of benzene rings is 2. The Balaban J connectivity index is 2.05. The lowest BCUT2D eigenvalue weighted by molar-refractivity contribution is 0.628. The summed E-state index contributed by atoms with van der Waals surface area (Å²) in [6.07, 6.45) is 1.70. The summed E-state index contributed by atoms with van der Waals surface area (Å²) in [5, 5.41) is 10.4. The number of allylic oxidation sites excluding steroid dienone is 1. The van der Waals surface area contributed by atoms with E-state index in [9.17, 15) is 9.65 Å². The average Bonchev–Trinajstić information content (AvgIpc) is 2.54. The van der Waals surface area contributed by atoms with Crippen LogP contribution in [0.4, 0.5) is 4.39 Å². The van der Waals surface area contributed by atoms with E-state index < -0.39 is 0 Å². The Morgan fingerprint density at radius 3 is 2.52 bits per heavy atom. The third-order valence-corrected chi connectivity index (χ3v) is 3.18. The van der Waals surface area contributed by atoms with Crippen LogP contribution in [0, 0.1) is 17.1 Å². The molecule has 3 aromatic rings. The molecule has 3 heteroatoms. The summed E-state index contributed by atoms with van der Waals surface area (Å²) in [5.41, 5.74) is 2.67. The van der Waals surface area contributed by atoms with Gasteiger partial charge in [0.15, 0.2) is 0 Å². The van der Waals surface area contributed by atoms with E-state index >= 15 is 0 Å². The van der Waals surface area contributed by atoms with E-state index in [-0.39, 0.29) is 5.82 Å². The van der Waals surface area contributed by atoms with E-state index in [1.807, 2.05) is 36.4 Å². The van der Waals surface area contributed by atoms with E-state index in [4.69, 9.17) is 0 Å². The molecule has 3 rings (SSSR count). The number of nitriles is 1. The Morgan fingerprint density at radius 2 is 1.76 bits per heavy atom. The molecular formula is C18H11FN2. The predicted molar refractivity (Wildman–Crippen MR) is 81.6 cm³/mol. The normalized spacial score (nSPS) is 11.3. The molecule has 0 aliphatic heterocycles. The van der Waals surface area contributed by atoms with Crippen molar-refractivity contribution < 1.29 is 4.39 Å². The number of aromatic nitrogens is 1. The van der Waals surface area contributed by atoms with Crippen molar-refractivity contribution in [3.8, 4) is 6.07 Å². The van der Waals surface area contributed by atoms with E-state index in [1.54, 1.807) is 18.2 Å². The topological polar surface area (TPSA) is 36.7 Å². The monoisotopic (exact) mass is 274 g/mol. The molecule has 0 unspecified atom stereocenters. The molecule has 0 aliphatic carbocycles. The Hall–Kier alpha value is -2.99. The molecule has 0 spiro atoms. The molecule has 21 heavy (non-hydrogen) atoms. The van der Waals surface area contributed by atoms with Crippen LogP contribution in [-0.2, 0) is 0 Å². The number of pyridine rings is 1. The third-order valence-electron chi connectivity index (χ3n) is 3.18. The number of rotatable bonds is 2. The van der Waals surface area contributed by atoms with Crippen molar-refractivity contribution in [1.82, 2.24) is 4.98 Å². The SMILES string of the molecule is N#C/C(=C\c1ccc(F)cc1)c1ccc2ccccc2n1. The van der Waals surface area contributed by atoms with Crippen LogP contribution in [0.1, 0.15) is 11.3 Å². The van der Waals surface area contributed by atoms with Gasteiger partial charge in [0.05, 0.1) is 16.8 Å². The Labute approximate surface area is 121 Å². The van der Waals surface area contributed by atoms with Crippen LogP contribution in [0.5, 0.6) is 0 Å². The molecule has 0 N–H and O–H groups in total. The van der Waals surface area contributed by atoms with Gasteiger partial charge in [0.1, 0.15) is 11.9 Å². The zero-order valence-corrected chi connectivity index (χ0v) is 11.1. The number of fused-ring (bicyclic) bond motifs is 1. The van der Waals surface area contributed by atoms with Gasteiger partial charge in [0, 0.05) is 5.39 Å². The van der Waals surface area contributed by atoms with Gasteiger partial charge in [-0.2, -0.15) is 5.26 Å². The molecule has 0 bridgehead atoms. The molecule has 1 heterocycles. The molecular weight excluding hydrogens is 263 g/mol. The fourth-order valence-corrected chi connectivity index (χ4v) is 2.11. The molecule has 100 valence electrons. The first-order valence-corrected chi connectivity index (χ1v) is 6.50. The molecule has 0 saturated heterocycles. The van der Waals surface area contributed by atoms with Gasteiger partial charge in [-0.1, -0.05) is 36.4 Å². The lowest BCUT2D eigenvalue weighted by Gasteiger charge is -2.02. The van der Waals surface area contributed by atoms with Crippen LogP contribution < -0.4 is 0 Å². The van der Waals surface area contributed by atoms with Gasteiger partial charge in [0.25, 0.3) is 0 Å². The number of para-hydroxylation sites is 1. The minimum atomic E-state index is -0.297. The highest BCUT2D eigenvalue weighted by atomic mass is 19.1. The van der Waals surface area contributed by atoms with Crippen LogP contribution in [0.15, 0.2) is 60.7 Å². The van der Waals surface area contributed by atoms with Crippen LogP contribution in [0.2, 0.25) is 0 Å². The predicted octanol–water partition coefficient (Wildman–Crippen LogP) is 4.44. The Kier molecular flexibility index (Phi) is 3.44. The molecule has 0 saturated carbocycles. The summed E-state index contributed by atoms with van der Waals surface area (Å²) in [6, 6.07) is 19.7. The van der Waals surface area contributed by atoms with Crippen molar-refractivity contribution in [3.63, 3.8) is 0 Å². The maximum Gasteiger partial charge on any atom is 0.123 e. The number of nitrogens with zero attached hydrogens (tertiary/aromatic N) is 2. The zero-order valence-electron chi connectivity index (χ0n) is 11.1. The second kappa shape index (κ2) is 5.56. The second-order valence-electron chi connectivity index (χ2n) is 4.61. The van der Waals surface area contributed by atoms with Crippen molar-refractivity contribution in [1.29, 1.82) is 5.26 Å². The van der Waals surface area contributed by atoms with Gasteiger partial charge in [-0.05, 0) is 35.9 Å². The zero-order chi connectivity index (χ0) is 14.7. The van der Waals surface area contributed by atoms with Gasteiger partial charge in [-0.25, -0.2) is 9.37 Å². The maximum absolute atomic E-state index is 12.9. The van der Waals surface area contributed by atoms with Crippen LogP contribution in [0.25, 0.3) is 22.6 Å². The minimum Gasteiger partial charge on any atom is -0.247 e. The Morgan fingerprint density at radius 1 is 1.00 bits per heavy atom. The highest BCUT2D eigenvalue weighted by Crippen LogP contribution is 2.19. The van der Waals surface area contributed by atoms with Gasteiger partial charge in [-0.3, -0.25) is 0 Å². The first-order chi connectivity index (χ1) is 10.3. The van der Waals surface area contributed by atoms with Crippen molar-refractivity contribution >= 4 is 22.6 Å². The minimum absolute atomic E-state index is 0.297. The first kappa shape index (κ1) is 13.0. The second-order valence-corrected chi connectivity index (χ2v) is 4.61. The van der Waals surface area contributed by atoms with Crippen LogP contribution in [-0.4, -0.2) is 4.98 Å². The lowest BCUT2D eigenvalue weighted by atomic mass is 10.1. The highest BCUT2D eigenvalue weighted by molar-refractivity contribution is 5.90. The summed E-state index contributed by atoms with van der Waals surface area (Å²) in [5.74, 6) is -0.297. The first-order valence-electron chi connectivity index (χ1n) is 6.50. The largest absolute Gasteiger partial charge is 0.247 e. The molecule has 1 aromatic heterocycles. The maximum atomic E-state index is 12.9. The van der Waals surface area contributed by atoms with Crippen molar-refractivity contribution in [2.45, 2.75) is 0 Å². The van der Waals surface area contributed by atoms with E-state index in [0.717, 1.165) is 16.5 Å². The number of hydrogen-bond donors (Lipinski definition) is 0. The average molecular weight is 274 g/mol. The summed E-state index contributed by atoms with van der Waals surface area (Å²) < 4.78 is 12.9. The molecule has 0 radical (unpaired) electrons. The number of hydrogen-bond acceptors (Lipinski definition) is 2. The smallest absolute Gasteiger partial charge is 0.123 e. The van der Waals surface area contributed by atoms with E-state index in [1.165, 1.54) is 12.1 Å². The van der Waals surface area contributed by atoms with Gasteiger partial charge < -0.3 is 0 Å². The molecule has 2 nitrogen and oxygen atoms in total. The molecule has 2 aromatic carbocycles. The molecule has 0 fully saturated rings. The molecule has 0 aliphatic rings. The third kappa shape index (κ3) is 2.80. The van der Waals surface area contributed by atoms with Gasteiger partial charge in [-0.15, -0.1) is 0 Å². The van der Waals surface area contributed by atoms with Crippen LogP contribution in [0.3, 0.4) is 0 Å². The quantitative estimate of drug-likeness (QED) is 0.648. The van der Waals surface area contributed by atoms with Crippen LogP contribution >= 0.6 is 0 Å². The van der Waals surface area contributed by atoms with E-state index in [2.05, 4.69) is 11.1 Å². The standard InChI is InChI=1S/C18H11FN2/c19-16-8-5-13(6-9-16)11-15(12-20)18-10-7-14-3-1-2-4-17(14)21-18/h1-11H/b15-11+. The number of halogens is 1. The summed E-state index contributed by atoms with van der Waals surface area (Å²) >= 11 is 0. The highest BCUT2D eigenvalue weighted by Gasteiger charge is 2.04. The van der Waals surface area contributed by atoms with Crippen molar-refractivity contribution in [2.75, 3.05) is 0 Å². The van der Waals surface area contributed by atoms with Crippen molar-refractivity contribution in [3.05, 3.63) is 77.7 Å². The fourth-order valence-electron chi connectivity index (χ4n) is 2.11. The summed E-state index contributed by atoms with van der Waals surface area (Å²) in [4.78, 5) is 4.50. The van der Waals surface area contributed by atoms with Crippen molar-refractivity contribution in [2.24, 2.45) is 0 Å². The summed E-state index contributed by atoms with van der Waals surface area (Å²) in [6.45, 7) is 0. The van der Waals surface area contributed by atoms with Gasteiger partial charge >= 0.3 is 0 Å². The summed E-state index contributed by atoms with van der Waals surface area (Å²) in [7, 11) is 0. The van der Waals surface area contributed by atoms with Gasteiger partial charge in [0.2, 0.25) is 0 Å². The fraction of sp³-hybridized carbons (Fsp3) is 0. The molecule has 0 amide bonds. The molecule has 0 atom stereocenters. The van der Waals surface area contributed by atoms with E-state index in [0.29, 0.717) is 11.3 Å².